The molecule has 16 heavy (non-hydrogen) atoms. The van der Waals surface area contributed by atoms with Crippen LogP contribution in [0.3, 0.4) is 0 Å². The third kappa shape index (κ3) is 2.57. The van der Waals surface area contributed by atoms with E-state index >= 15 is 0 Å². The van der Waals surface area contributed by atoms with Crippen LogP contribution in [0.5, 0.6) is 0 Å². The van der Waals surface area contributed by atoms with Gasteiger partial charge in [-0.25, -0.2) is 0 Å². The zero-order valence-corrected chi connectivity index (χ0v) is 9.42. The van der Waals surface area contributed by atoms with Crippen molar-refractivity contribution >= 4 is 22.6 Å². The van der Waals surface area contributed by atoms with Crippen LogP contribution in [0.1, 0.15) is 18.6 Å². The molecule has 3 heteroatoms. The fourth-order valence-corrected chi connectivity index (χ4v) is 1.57. The lowest BCUT2D eigenvalue weighted by molar-refractivity contribution is 0.290. The number of rotatable bonds is 2. The highest BCUT2D eigenvalue weighted by Gasteiger charge is 2.01. The van der Waals surface area contributed by atoms with E-state index in [-0.39, 0.29) is 6.61 Å². The number of fused-ring (bicyclic) bond motifs is 1. The third-order valence-corrected chi connectivity index (χ3v) is 2.38. The SMILES string of the molecule is OCCCC#Cc1cc2cc(Cl)ccc2o1. The van der Waals surface area contributed by atoms with Gasteiger partial charge in [0.2, 0.25) is 0 Å². The highest BCUT2D eigenvalue weighted by Crippen LogP contribution is 2.22. The van der Waals surface area contributed by atoms with Crippen LogP contribution in [-0.2, 0) is 0 Å². The van der Waals surface area contributed by atoms with Gasteiger partial charge in [-0.3, -0.25) is 0 Å². The predicted octanol–water partition coefficient (Wildman–Crippen LogP) is 3.21. The van der Waals surface area contributed by atoms with Crippen molar-refractivity contribution in [1.29, 1.82) is 0 Å². The van der Waals surface area contributed by atoms with Crippen LogP contribution >= 0.6 is 11.6 Å². The molecule has 1 N–H and O–H groups in total. The maximum Gasteiger partial charge on any atom is 0.178 e. The molecule has 0 bridgehead atoms. The van der Waals surface area contributed by atoms with Gasteiger partial charge in [-0.2, -0.15) is 0 Å². The van der Waals surface area contributed by atoms with Crippen molar-refractivity contribution in [2.75, 3.05) is 6.61 Å². The van der Waals surface area contributed by atoms with E-state index in [2.05, 4.69) is 11.8 Å². The minimum atomic E-state index is 0.171. The second kappa shape index (κ2) is 5.07. The Labute approximate surface area is 98.8 Å². The van der Waals surface area contributed by atoms with Crippen molar-refractivity contribution < 1.29 is 9.52 Å². The molecule has 0 aliphatic carbocycles. The summed E-state index contributed by atoms with van der Waals surface area (Å²) in [5.74, 6) is 6.49. The van der Waals surface area contributed by atoms with E-state index in [1.54, 1.807) is 6.07 Å². The minimum Gasteiger partial charge on any atom is -0.448 e. The summed E-state index contributed by atoms with van der Waals surface area (Å²) in [6.07, 6.45) is 1.37. The van der Waals surface area contributed by atoms with Gasteiger partial charge in [-0.1, -0.05) is 17.5 Å². The number of furan rings is 1. The first-order chi connectivity index (χ1) is 7.79. The normalized spacial score (nSPS) is 10.1. The zero-order chi connectivity index (χ0) is 11.4. The molecule has 2 rings (SSSR count). The van der Waals surface area contributed by atoms with E-state index in [0.29, 0.717) is 23.6 Å². The van der Waals surface area contributed by atoms with Gasteiger partial charge in [0.05, 0.1) is 0 Å². The maximum absolute atomic E-state index is 8.60. The third-order valence-electron chi connectivity index (χ3n) is 2.15. The van der Waals surface area contributed by atoms with Crippen LogP contribution in [0.4, 0.5) is 0 Å². The van der Waals surface area contributed by atoms with Crippen molar-refractivity contribution in [3.8, 4) is 11.8 Å². The molecule has 0 amide bonds. The molecular formula is C13H11ClO2. The second-order valence-electron chi connectivity index (χ2n) is 3.42. The van der Waals surface area contributed by atoms with Crippen molar-refractivity contribution in [3.05, 3.63) is 35.0 Å². The second-order valence-corrected chi connectivity index (χ2v) is 3.86. The Hall–Kier alpha value is -1.43. The molecule has 2 nitrogen and oxygen atoms in total. The molecule has 0 spiro atoms. The molecule has 1 aromatic heterocycles. The number of hydrogen-bond donors (Lipinski definition) is 1. The number of benzene rings is 1. The van der Waals surface area contributed by atoms with Crippen molar-refractivity contribution in [1.82, 2.24) is 0 Å². The smallest absolute Gasteiger partial charge is 0.178 e. The van der Waals surface area contributed by atoms with Crippen LogP contribution < -0.4 is 0 Å². The highest BCUT2D eigenvalue weighted by molar-refractivity contribution is 6.31. The highest BCUT2D eigenvalue weighted by atomic mass is 35.5. The van der Waals surface area contributed by atoms with Crippen LogP contribution in [0.25, 0.3) is 11.0 Å². The van der Waals surface area contributed by atoms with E-state index in [1.165, 1.54) is 0 Å². The maximum atomic E-state index is 8.60. The first-order valence-corrected chi connectivity index (χ1v) is 5.46. The summed E-state index contributed by atoms with van der Waals surface area (Å²) >= 11 is 5.87. The fourth-order valence-electron chi connectivity index (χ4n) is 1.39. The van der Waals surface area contributed by atoms with Crippen molar-refractivity contribution in [3.63, 3.8) is 0 Å². The quantitative estimate of drug-likeness (QED) is 0.640. The Bertz CT molecular complexity index is 546. The zero-order valence-electron chi connectivity index (χ0n) is 8.66. The molecule has 82 valence electrons. The topological polar surface area (TPSA) is 33.4 Å². The van der Waals surface area contributed by atoms with E-state index in [4.69, 9.17) is 21.1 Å². The average Bonchev–Trinajstić information content (AvgIpc) is 2.66. The van der Waals surface area contributed by atoms with Gasteiger partial charge in [-0.15, -0.1) is 0 Å². The molecule has 0 fully saturated rings. The van der Waals surface area contributed by atoms with E-state index < -0.39 is 0 Å². The Morgan fingerprint density at radius 3 is 3.00 bits per heavy atom. The predicted molar refractivity (Wildman–Crippen MR) is 64.4 cm³/mol. The van der Waals surface area contributed by atoms with E-state index in [1.807, 2.05) is 18.2 Å². The first kappa shape index (κ1) is 11.1. The lowest BCUT2D eigenvalue weighted by Gasteiger charge is -1.87. The standard InChI is InChI=1S/C13H11ClO2/c14-11-5-6-13-10(8-11)9-12(16-13)4-2-1-3-7-15/h5-6,8-9,15H,1,3,7H2. The van der Waals surface area contributed by atoms with Crippen LogP contribution in [0, 0.1) is 11.8 Å². The number of aliphatic hydroxyl groups excluding tert-OH is 1. The molecule has 0 saturated heterocycles. The lowest BCUT2D eigenvalue weighted by atomic mass is 10.2. The summed E-state index contributed by atoms with van der Waals surface area (Å²) in [6, 6.07) is 7.33. The summed E-state index contributed by atoms with van der Waals surface area (Å²) in [5.41, 5.74) is 0.788. The first-order valence-electron chi connectivity index (χ1n) is 5.08. The molecule has 0 atom stereocenters. The van der Waals surface area contributed by atoms with Gasteiger partial charge >= 0.3 is 0 Å². The Balaban J connectivity index is 2.21. The molecule has 2 aromatic rings. The van der Waals surface area contributed by atoms with Crippen molar-refractivity contribution in [2.45, 2.75) is 12.8 Å². The summed E-state index contributed by atoms with van der Waals surface area (Å²) in [4.78, 5) is 0. The Morgan fingerprint density at radius 2 is 2.19 bits per heavy atom. The van der Waals surface area contributed by atoms with Crippen LogP contribution in [-0.4, -0.2) is 11.7 Å². The number of halogens is 1. The largest absolute Gasteiger partial charge is 0.448 e. The lowest BCUT2D eigenvalue weighted by Crippen LogP contribution is -1.78. The van der Waals surface area contributed by atoms with Gasteiger partial charge in [0.1, 0.15) is 5.58 Å². The fraction of sp³-hybridized carbons (Fsp3) is 0.231. The molecular weight excluding hydrogens is 224 g/mol. The number of unbranched alkanes of at least 4 members (excludes halogenated alkanes) is 1. The molecule has 0 aliphatic rings. The average molecular weight is 235 g/mol. The number of hydrogen-bond acceptors (Lipinski definition) is 2. The van der Waals surface area contributed by atoms with Gasteiger partial charge < -0.3 is 9.52 Å². The Morgan fingerprint density at radius 1 is 1.31 bits per heavy atom. The molecule has 1 heterocycles. The summed E-state index contributed by atoms with van der Waals surface area (Å²) in [6.45, 7) is 0.171. The van der Waals surface area contributed by atoms with Crippen LogP contribution in [0.15, 0.2) is 28.7 Å². The van der Waals surface area contributed by atoms with Gasteiger partial charge in [0.25, 0.3) is 0 Å². The van der Waals surface area contributed by atoms with Gasteiger partial charge in [0, 0.05) is 29.5 Å². The molecule has 0 radical (unpaired) electrons. The van der Waals surface area contributed by atoms with Crippen LogP contribution in [0.2, 0.25) is 5.02 Å². The number of aliphatic hydroxyl groups is 1. The van der Waals surface area contributed by atoms with Crippen molar-refractivity contribution in [2.24, 2.45) is 0 Å². The molecule has 0 aliphatic heterocycles. The summed E-state index contributed by atoms with van der Waals surface area (Å²) in [5, 5.41) is 10.2. The van der Waals surface area contributed by atoms with Gasteiger partial charge in [-0.05, 0) is 30.5 Å². The summed E-state index contributed by atoms with van der Waals surface area (Å²) in [7, 11) is 0. The monoisotopic (exact) mass is 234 g/mol. The minimum absolute atomic E-state index is 0.171. The van der Waals surface area contributed by atoms with E-state index in [0.717, 1.165) is 11.0 Å². The van der Waals surface area contributed by atoms with Gasteiger partial charge in [0.15, 0.2) is 5.76 Å². The molecule has 0 saturated carbocycles. The molecule has 1 aromatic carbocycles. The molecule has 0 unspecified atom stereocenters. The summed E-state index contributed by atoms with van der Waals surface area (Å²) < 4.78 is 5.51. The van der Waals surface area contributed by atoms with E-state index in [9.17, 15) is 0 Å². The Kier molecular flexibility index (Phi) is 3.51.